The molecule has 0 aliphatic heterocycles. The zero-order chi connectivity index (χ0) is 20.8. The van der Waals surface area contributed by atoms with Crippen LogP contribution in [-0.2, 0) is 13.5 Å². The van der Waals surface area contributed by atoms with Gasteiger partial charge in [0.05, 0.1) is 11.4 Å². The first kappa shape index (κ1) is 18.8. The zero-order valence-corrected chi connectivity index (χ0v) is 17.3. The summed E-state index contributed by atoms with van der Waals surface area (Å²) in [5.41, 5.74) is 3.84. The highest BCUT2D eigenvalue weighted by molar-refractivity contribution is 7.99. The van der Waals surface area contributed by atoms with Gasteiger partial charge in [-0.2, -0.15) is 4.68 Å². The number of aryl methyl sites for hydroxylation is 1. The average Bonchev–Trinajstić information content (AvgIpc) is 3.41. The molecular formula is C21H19FN6OS. The molecule has 0 radical (unpaired) electrons. The van der Waals surface area contributed by atoms with E-state index in [9.17, 15) is 9.18 Å². The first-order chi connectivity index (χ1) is 14.5. The predicted molar refractivity (Wildman–Crippen MR) is 112 cm³/mol. The summed E-state index contributed by atoms with van der Waals surface area (Å²) in [6.07, 6.45) is 1.76. The molecular weight excluding hydrogens is 403 g/mol. The SMILES string of the molecule is Cc1c(-n2nnnc2SC2CCc3ccc(F)cc32)c(=O)n(-c2ccccc2)n1C. The van der Waals surface area contributed by atoms with Gasteiger partial charge in [-0.15, -0.1) is 5.10 Å². The lowest BCUT2D eigenvalue weighted by molar-refractivity contribution is 0.625. The monoisotopic (exact) mass is 422 g/mol. The Kier molecular flexibility index (Phi) is 4.54. The molecule has 0 bridgehead atoms. The second kappa shape index (κ2) is 7.24. The molecule has 1 aliphatic carbocycles. The van der Waals surface area contributed by atoms with Gasteiger partial charge in [0.2, 0.25) is 5.16 Å². The number of halogens is 1. The number of benzene rings is 2. The van der Waals surface area contributed by atoms with Crippen LogP contribution in [0.4, 0.5) is 4.39 Å². The third kappa shape index (κ3) is 2.97. The van der Waals surface area contributed by atoms with Gasteiger partial charge in [-0.05, 0) is 65.6 Å². The van der Waals surface area contributed by atoms with E-state index in [0.717, 1.165) is 35.3 Å². The molecule has 1 aliphatic rings. The average molecular weight is 422 g/mol. The van der Waals surface area contributed by atoms with E-state index in [4.69, 9.17) is 0 Å². The number of aromatic nitrogens is 6. The van der Waals surface area contributed by atoms with Crippen molar-refractivity contribution < 1.29 is 4.39 Å². The second-order valence-electron chi connectivity index (χ2n) is 7.27. The molecule has 1 atom stereocenters. The van der Waals surface area contributed by atoms with Gasteiger partial charge in [-0.25, -0.2) is 9.07 Å². The van der Waals surface area contributed by atoms with Crippen LogP contribution in [0.5, 0.6) is 0 Å². The molecule has 1 unspecified atom stereocenters. The summed E-state index contributed by atoms with van der Waals surface area (Å²) in [7, 11) is 1.83. The van der Waals surface area contributed by atoms with Crippen LogP contribution in [0.15, 0.2) is 58.5 Å². The lowest BCUT2D eigenvalue weighted by Crippen LogP contribution is -2.22. The van der Waals surface area contributed by atoms with Crippen LogP contribution < -0.4 is 5.56 Å². The van der Waals surface area contributed by atoms with Crippen molar-refractivity contribution in [1.29, 1.82) is 0 Å². The van der Waals surface area contributed by atoms with Crippen LogP contribution >= 0.6 is 11.8 Å². The quantitative estimate of drug-likeness (QED) is 0.504. The molecule has 0 fully saturated rings. The molecule has 2 aromatic heterocycles. The van der Waals surface area contributed by atoms with E-state index in [2.05, 4.69) is 15.5 Å². The third-order valence-electron chi connectivity index (χ3n) is 5.55. The normalized spacial score (nSPS) is 15.5. The first-order valence-corrected chi connectivity index (χ1v) is 10.5. The second-order valence-corrected chi connectivity index (χ2v) is 8.44. The van der Waals surface area contributed by atoms with Gasteiger partial charge in [-0.1, -0.05) is 36.0 Å². The highest BCUT2D eigenvalue weighted by Crippen LogP contribution is 2.44. The number of rotatable bonds is 4. The Bertz CT molecular complexity index is 1290. The Morgan fingerprint density at radius 2 is 1.97 bits per heavy atom. The zero-order valence-electron chi connectivity index (χ0n) is 16.5. The maximum Gasteiger partial charge on any atom is 0.297 e. The lowest BCUT2D eigenvalue weighted by atomic mass is 10.1. The van der Waals surface area contributed by atoms with E-state index in [0.29, 0.717) is 10.8 Å². The van der Waals surface area contributed by atoms with Crippen LogP contribution in [0.25, 0.3) is 11.4 Å². The van der Waals surface area contributed by atoms with Gasteiger partial charge in [0.25, 0.3) is 5.56 Å². The fourth-order valence-corrected chi connectivity index (χ4v) is 5.12. The van der Waals surface area contributed by atoms with Crippen molar-refractivity contribution in [1.82, 2.24) is 29.6 Å². The lowest BCUT2D eigenvalue weighted by Gasteiger charge is -2.10. The van der Waals surface area contributed by atoms with Crippen molar-refractivity contribution in [3.05, 3.63) is 81.5 Å². The van der Waals surface area contributed by atoms with Crippen molar-refractivity contribution in [2.75, 3.05) is 0 Å². The molecule has 0 N–H and O–H groups in total. The summed E-state index contributed by atoms with van der Waals surface area (Å²) >= 11 is 1.46. The van der Waals surface area contributed by atoms with E-state index in [1.807, 2.05) is 50.4 Å². The Labute approximate surface area is 176 Å². The topological polar surface area (TPSA) is 70.5 Å². The van der Waals surface area contributed by atoms with E-state index in [-0.39, 0.29) is 16.6 Å². The Hall–Kier alpha value is -3.20. The van der Waals surface area contributed by atoms with Crippen LogP contribution in [0.3, 0.4) is 0 Å². The van der Waals surface area contributed by atoms with Crippen LogP contribution in [-0.4, -0.2) is 29.6 Å². The maximum atomic E-state index is 13.8. The fourth-order valence-electron chi connectivity index (χ4n) is 3.98. The summed E-state index contributed by atoms with van der Waals surface area (Å²) in [5.74, 6) is -0.245. The predicted octanol–water partition coefficient (Wildman–Crippen LogP) is 3.38. The molecule has 2 aromatic carbocycles. The Morgan fingerprint density at radius 1 is 1.17 bits per heavy atom. The smallest absolute Gasteiger partial charge is 0.283 e. The molecule has 0 spiro atoms. The molecule has 7 nitrogen and oxygen atoms in total. The van der Waals surface area contributed by atoms with E-state index in [1.54, 1.807) is 15.4 Å². The van der Waals surface area contributed by atoms with Crippen molar-refractivity contribution in [2.45, 2.75) is 30.2 Å². The number of thioether (sulfide) groups is 1. The van der Waals surface area contributed by atoms with Crippen LogP contribution in [0.1, 0.15) is 28.5 Å². The first-order valence-electron chi connectivity index (χ1n) is 9.62. The summed E-state index contributed by atoms with van der Waals surface area (Å²) in [6, 6.07) is 14.4. The van der Waals surface area contributed by atoms with Gasteiger partial charge in [-0.3, -0.25) is 9.48 Å². The van der Waals surface area contributed by atoms with Crippen molar-refractivity contribution in [3.8, 4) is 11.4 Å². The fraction of sp³-hybridized carbons (Fsp3) is 0.238. The molecule has 2 heterocycles. The summed E-state index contributed by atoms with van der Waals surface area (Å²) in [5, 5.41) is 12.6. The van der Waals surface area contributed by atoms with Gasteiger partial charge in [0, 0.05) is 12.3 Å². The van der Waals surface area contributed by atoms with Gasteiger partial charge in [0.15, 0.2) is 5.69 Å². The summed E-state index contributed by atoms with van der Waals surface area (Å²) in [6.45, 7) is 1.87. The number of hydrogen-bond donors (Lipinski definition) is 0. The van der Waals surface area contributed by atoms with E-state index in [1.165, 1.54) is 22.5 Å². The minimum atomic E-state index is -0.245. The van der Waals surface area contributed by atoms with E-state index < -0.39 is 0 Å². The van der Waals surface area contributed by atoms with Gasteiger partial charge < -0.3 is 0 Å². The number of fused-ring (bicyclic) bond motifs is 1. The highest BCUT2D eigenvalue weighted by Gasteiger charge is 2.28. The number of para-hydroxylation sites is 1. The highest BCUT2D eigenvalue weighted by atomic mass is 32.2. The number of tetrazole rings is 1. The van der Waals surface area contributed by atoms with Crippen molar-refractivity contribution >= 4 is 11.8 Å². The van der Waals surface area contributed by atoms with Crippen LogP contribution in [0, 0.1) is 12.7 Å². The summed E-state index contributed by atoms with van der Waals surface area (Å²) < 4.78 is 18.7. The largest absolute Gasteiger partial charge is 0.297 e. The maximum absolute atomic E-state index is 13.8. The van der Waals surface area contributed by atoms with Crippen LogP contribution in [0.2, 0.25) is 0 Å². The molecule has 4 aromatic rings. The van der Waals surface area contributed by atoms with E-state index >= 15 is 0 Å². The standard InChI is InChI=1S/C21H19FN6OS/c1-13-19(20(29)28(26(13)2)16-6-4-3-5-7-16)27-21(23-24-25-27)30-18-11-9-14-8-10-15(22)12-17(14)18/h3-8,10,12,18H,9,11H2,1-2H3. The van der Waals surface area contributed by atoms with Gasteiger partial charge >= 0.3 is 0 Å². The van der Waals surface area contributed by atoms with Crippen molar-refractivity contribution in [3.63, 3.8) is 0 Å². The van der Waals surface area contributed by atoms with Crippen molar-refractivity contribution in [2.24, 2.45) is 7.05 Å². The molecule has 0 saturated carbocycles. The molecule has 0 saturated heterocycles. The molecule has 5 rings (SSSR count). The summed E-state index contributed by atoms with van der Waals surface area (Å²) in [4.78, 5) is 13.3. The Morgan fingerprint density at radius 3 is 2.77 bits per heavy atom. The number of nitrogens with zero attached hydrogens (tertiary/aromatic N) is 6. The minimum Gasteiger partial charge on any atom is -0.283 e. The molecule has 9 heteroatoms. The molecule has 152 valence electrons. The molecule has 0 amide bonds. The van der Waals surface area contributed by atoms with Gasteiger partial charge in [0.1, 0.15) is 5.82 Å². The number of hydrogen-bond acceptors (Lipinski definition) is 5. The molecule has 30 heavy (non-hydrogen) atoms. The Balaban J connectivity index is 1.56. The minimum absolute atomic E-state index is 0.0424. The third-order valence-corrected chi connectivity index (χ3v) is 6.79.